The van der Waals surface area contributed by atoms with Crippen LogP contribution in [0.4, 0.5) is 11.4 Å². The van der Waals surface area contributed by atoms with Gasteiger partial charge in [0.2, 0.25) is 10.3 Å². The fourth-order valence-electron chi connectivity index (χ4n) is 2.41. The lowest BCUT2D eigenvalue weighted by atomic mass is 9.95. The average molecular weight is 392 g/mol. The van der Waals surface area contributed by atoms with Crippen molar-refractivity contribution in [2.24, 2.45) is 10.2 Å². The average Bonchev–Trinajstić information content (AvgIpc) is 2.60. The van der Waals surface area contributed by atoms with E-state index in [1.54, 1.807) is 12.1 Å². The molecule has 0 atom stereocenters. The molecule has 0 bridgehead atoms. The van der Waals surface area contributed by atoms with Gasteiger partial charge in [0.15, 0.2) is 0 Å². The molecular weight excluding hydrogens is 380 g/mol. The zero-order valence-electron chi connectivity index (χ0n) is 13.1. The summed E-state index contributed by atoms with van der Waals surface area (Å²) in [7, 11) is -6.61. The van der Waals surface area contributed by atoms with E-state index < -0.39 is 20.4 Å². The molecule has 1 aliphatic carbocycles. The fourth-order valence-corrected chi connectivity index (χ4v) is 3.35. The Morgan fingerprint density at radius 2 is 1.65 bits per heavy atom. The molecule has 134 valence electrons. The van der Waals surface area contributed by atoms with Gasteiger partial charge in [0.1, 0.15) is 11.4 Å². The van der Waals surface area contributed by atoms with E-state index in [4.69, 9.17) is 4.55 Å². The minimum atomic E-state index is -4.29. The van der Waals surface area contributed by atoms with Crippen molar-refractivity contribution in [2.45, 2.75) is 11.3 Å². The fraction of sp³-hybridized carbons (Fsp3) is 0.0625. The number of phenolic OH excluding ortho intramolecular Hbond substituents is 1. The molecule has 0 aromatic heterocycles. The SMILES string of the molecule is O=S(=O)=C1C=Cc2c(ccc(O)c2N=Nc2ccc(S(=O)(=O)O)cc2)C1. The molecule has 0 saturated carbocycles. The number of fused-ring (bicyclic) bond motifs is 1. The molecular formula is C16H12N2O6S2. The third kappa shape index (κ3) is 3.72. The first-order chi connectivity index (χ1) is 12.3. The first-order valence-corrected chi connectivity index (χ1v) is 9.74. The molecule has 0 saturated heterocycles. The molecule has 10 heteroatoms. The van der Waals surface area contributed by atoms with E-state index in [-0.39, 0.29) is 27.6 Å². The first kappa shape index (κ1) is 18.0. The van der Waals surface area contributed by atoms with E-state index in [2.05, 4.69) is 10.2 Å². The number of rotatable bonds is 3. The third-order valence-corrected chi connectivity index (χ3v) is 5.28. The van der Waals surface area contributed by atoms with Gasteiger partial charge in [0.05, 0.1) is 15.4 Å². The highest BCUT2D eigenvalue weighted by Gasteiger charge is 2.16. The van der Waals surface area contributed by atoms with Crippen LogP contribution in [0.1, 0.15) is 11.1 Å². The topological polar surface area (TPSA) is 133 Å². The summed E-state index contributed by atoms with van der Waals surface area (Å²) >= 11 is 0. The predicted molar refractivity (Wildman–Crippen MR) is 95.2 cm³/mol. The van der Waals surface area contributed by atoms with Crippen LogP contribution in [0.3, 0.4) is 0 Å². The van der Waals surface area contributed by atoms with Gasteiger partial charge in [-0.3, -0.25) is 4.55 Å². The van der Waals surface area contributed by atoms with E-state index in [1.807, 2.05) is 0 Å². The molecule has 2 aromatic rings. The predicted octanol–water partition coefficient (Wildman–Crippen LogP) is 2.68. The van der Waals surface area contributed by atoms with Crippen LogP contribution in [-0.2, 0) is 26.8 Å². The number of hydrogen-bond donors (Lipinski definition) is 2. The molecule has 26 heavy (non-hydrogen) atoms. The smallest absolute Gasteiger partial charge is 0.294 e. The largest absolute Gasteiger partial charge is 0.506 e. The van der Waals surface area contributed by atoms with E-state index in [9.17, 15) is 21.9 Å². The Morgan fingerprint density at radius 3 is 2.27 bits per heavy atom. The van der Waals surface area contributed by atoms with Gasteiger partial charge in [-0.15, -0.1) is 5.11 Å². The van der Waals surface area contributed by atoms with Crippen molar-refractivity contribution < 1.29 is 26.5 Å². The number of nitrogens with zero attached hydrogens (tertiary/aromatic N) is 2. The number of allylic oxidation sites excluding steroid dienone is 1. The maximum atomic E-state index is 11.1. The highest BCUT2D eigenvalue weighted by molar-refractivity contribution is 7.85. The Kier molecular flexibility index (Phi) is 4.72. The lowest BCUT2D eigenvalue weighted by Gasteiger charge is -2.13. The van der Waals surface area contributed by atoms with Crippen LogP contribution in [0.5, 0.6) is 5.75 Å². The zero-order chi connectivity index (χ0) is 18.9. The molecule has 1 aliphatic rings. The third-order valence-electron chi connectivity index (χ3n) is 3.70. The Labute approximate surface area is 150 Å². The van der Waals surface area contributed by atoms with Crippen LogP contribution in [-0.4, -0.2) is 31.4 Å². The Balaban J connectivity index is 1.98. The van der Waals surface area contributed by atoms with E-state index in [1.165, 1.54) is 36.4 Å². The first-order valence-electron chi connectivity index (χ1n) is 7.23. The molecule has 0 unspecified atom stereocenters. The summed E-state index contributed by atoms with van der Waals surface area (Å²) < 4.78 is 53.2. The van der Waals surface area contributed by atoms with Crippen LogP contribution in [0.2, 0.25) is 0 Å². The molecule has 8 nitrogen and oxygen atoms in total. The van der Waals surface area contributed by atoms with Crippen LogP contribution < -0.4 is 0 Å². The summed E-state index contributed by atoms with van der Waals surface area (Å²) in [5.41, 5.74) is 1.72. The summed E-state index contributed by atoms with van der Waals surface area (Å²) in [4.78, 5) is -0.0418. The van der Waals surface area contributed by atoms with Gasteiger partial charge in [-0.05, 0) is 42.0 Å². The molecule has 0 spiro atoms. The Morgan fingerprint density at radius 1 is 0.962 bits per heavy atom. The maximum Gasteiger partial charge on any atom is 0.294 e. The second-order valence-corrected chi connectivity index (χ2v) is 7.80. The van der Waals surface area contributed by atoms with E-state index in [0.29, 0.717) is 16.8 Å². The number of phenols is 1. The Bertz CT molecular complexity index is 1170. The van der Waals surface area contributed by atoms with E-state index in [0.717, 1.165) is 0 Å². The molecule has 2 N–H and O–H groups in total. The van der Waals surface area contributed by atoms with Crippen LogP contribution in [0.25, 0.3) is 6.08 Å². The van der Waals surface area contributed by atoms with Crippen molar-refractivity contribution in [2.75, 3.05) is 0 Å². The maximum absolute atomic E-state index is 11.1. The lowest BCUT2D eigenvalue weighted by Crippen LogP contribution is -2.06. The minimum absolute atomic E-state index is 0.126. The second-order valence-electron chi connectivity index (χ2n) is 5.39. The Hall–Kier alpha value is -2.82. The van der Waals surface area contributed by atoms with Crippen LogP contribution in [0.15, 0.2) is 57.6 Å². The minimum Gasteiger partial charge on any atom is -0.506 e. The quantitative estimate of drug-likeness (QED) is 0.469. The van der Waals surface area contributed by atoms with Crippen molar-refractivity contribution in [1.82, 2.24) is 0 Å². The standard InChI is InChI=1S/C16H12N2O6S2/c19-15-8-1-10-9-12(25(20)21)4-7-14(10)16(15)18-17-11-2-5-13(6-3-11)26(22,23)24/h1-8,19H,9H2,(H,22,23,24). The summed E-state index contributed by atoms with van der Waals surface area (Å²) in [6, 6.07) is 8.06. The number of benzene rings is 2. The highest BCUT2D eigenvalue weighted by Crippen LogP contribution is 2.37. The molecule has 2 aromatic carbocycles. The summed E-state index contributed by atoms with van der Waals surface area (Å²) in [6.07, 6.45) is 3.16. The van der Waals surface area contributed by atoms with Gasteiger partial charge >= 0.3 is 0 Å². The van der Waals surface area contributed by atoms with Gasteiger partial charge < -0.3 is 5.11 Å². The summed E-state index contributed by atoms with van der Waals surface area (Å²) in [5, 5.41) is 18.0. The van der Waals surface area contributed by atoms with Gasteiger partial charge in [0, 0.05) is 12.0 Å². The molecule has 0 aliphatic heterocycles. The second kappa shape index (κ2) is 6.83. The van der Waals surface area contributed by atoms with Gasteiger partial charge in [0.25, 0.3) is 10.1 Å². The van der Waals surface area contributed by atoms with Crippen LogP contribution in [0, 0.1) is 0 Å². The number of azo groups is 1. The summed E-state index contributed by atoms with van der Waals surface area (Å²) in [5.74, 6) is -0.126. The lowest BCUT2D eigenvalue weighted by molar-refractivity contribution is 0.476. The monoisotopic (exact) mass is 392 g/mol. The summed E-state index contributed by atoms with van der Waals surface area (Å²) in [6.45, 7) is 0. The highest BCUT2D eigenvalue weighted by atomic mass is 32.2. The zero-order valence-corrected chi connectivity index (χ0v) is 14.7. The molecule has 0 amide bonds. The van der Waals surface area contributed by atoms with Crippen molar-refractivity contribution in [3.05, 3.63) is 53.6 Å². The van der Waals surface area contributed by atoms with E-state index >= 15 is 0 Å². The normalized spacial score (nSPS) is 13.8. The van der Waals surface area contributed by atoms with Gasteiger partial charge in [-0.2, -0.15) is 21.9 Å². The van der Waals surface area contributed by atoms with Gasteiger partial charge in [-0.25, -0.2) is 0 Å². The van der Waals surface area contributed by atoms with Crippen LogP contribution >= 0.6 is 0 Å². The molecule has 0 fully saturated rings. The molecule has 3 rings (SSSR count). The number of aromatic hydroxyl groups is 1. The van der Waals surface area contributed by atoms with Crippen molar-refractivity contribution >= 4 is 42.7 Å². The molecule has 0 radical (unpaired) electrons. The van der Waals surface area contributed by atoms with Crippen molar-refractivity contribution in [1.29, 1.82) is 0 Å². The van der Waals surface area contributed by atoms with Gasteiger partial charge in [-0.1, -0.05) is 12.1 Å². The number of hydrogen-bond acceptors (Lipinski definition) is 7. The molecule has 0 heterocycles. The van der Waals surface area contributed by atoms with Crippen molar-refractivity contribution in [3.63, 3.8) is 0 Å². The van der Waals surface area contributed by atoms with Crippen molar-refractivity contribution in [3.8, 4) is 5.75 Å².